The van der Waals surface area contributed by atoms with Crippen molar-refractivity contribution in [1.82, 2.24) is 0 Å². The molecule has 0 heterocycles. The van der Waals surface area contributed by atoms with Gasteiger partial charge in [0, 0.05) is 77.6 Å². The van der Waals surface area contributed by atoms with Gasteiger partial charge < -0.3 is 24.4 Å². The number of carbonyl (C=O) groups is 3. The maximum Gasteiger partial charge on any atom is 0.316 e. The average Bonchev–Trinajstić information content (AvgIpc) is 3.06. The van der Waals surface area contributed by atoms with Crippen LogP contribution in [-0.4, -0.2) is 142 Å². The van der Waals surface area contributed by atoms with E-state index in [2.05, 4.69) is 0 Å². The lowest BCUT2D eigenvalue weighted by molar-refractivity contribution is -0.274. The molecule has 0 saturated heterocycles. The maximum absolute atomic E-state index is 11.8. The number of aliphatic hydroxyl groups is 2. The highest BCUT2D eigenvalue weighted by molar-refractivity contribution is 8.27. The molecule has 0 spiro atoms. The summed E-state index contributed by atoms with van der Waals surface area (Å²) in [5.74, 6) is 2.14. The Labute approximate surface area is 331 Å². The second-order valence-corrected chi connectivity index (χ2v) is 23.1. The molecule has 0 aliphatic carbocycles. The average molecular weight is 891 g/mol. The van der Waals surface area contributed by atoms with Crippen LogP contribution in [0.1, 0.15) is 12.8 Å². The molecule has 0 amide bonds. The Bertz CT molecular complexity index is 722. The third kappa shape index (κ3) is 42.7. The number of hydrogen-bond acceptors (Lipinski definition) is 22. The third-order valence-electron chi connectivity index (χ3n) is 4.12. The predicted octanol–water partition coefficient (Wildman–Crippen LogP) is 6.66. The van der Waals surface area contributed by atoms with Gasteiger partial charge >= 0.3 is 17.9 Å². The van der Waals surface area contributed by atoms with Crippen molar-refractivity contribution < 1.29 is 48.6 Å². The molecule has 0 radical (unpaired) electrons. The van der Waals surface area contributed by atoms with E-state index in [0.29, 0.717) is 48.6 Å². The van der Waals surface area contributed by atoms with Crippen molar-refractivity contribution in [2.45, 2.75) is 12.8 Å². The normalized spacial score (nSPS) is 11.1. The Balaban J connectivity index is 3.20. The molecular formula is C25H46O10S12. The summed E-state index contributed by atoms with van der Waals surface area (Å²) in [7, 11) is 0. The molecule has 0 atom stereocenters. The number of aliphatic hydroxyl groups excluding tert-OH is 2. The lowest BCUT2D eigenvalue weighted by Gasteiger charge is -2.06. The predicted molar refractivity (Wildman–Crippen MR) is 223 cm³/mol. The smallest absolute Gasteiger partial charge is 0.316 e. The van der Waals surface area contributed by atoms with Crippen LogP contribution < -0.4 is 0 Å². The molecule has 0 fully saturated rings. The van der Waals surface area contributed by atoms with Gasteiger partial charge in [0.25, 0.3) is 0 Å². The Morgan fingerprint density at radius 3 is 1.26 bits per heavy atom. The van der Waals surface area contributed by atoms with Crippen LogP contribution in [0.25, 0.3) is 0 Å². The van der Waals surface area contributed by atoms with Crippen molar-refractivity contribution in [3.8, 4) is 0 Å². The molecule has 0 saturated carbocycles. The Kier molecular flexibility index (Phi) is 45.1. The number of rotatable bonds is 38. The van der Waals surface area contributed by atoms with Crippen molar-refractivity contribution in [2.75, 3.05) is 114 Å². The highest BCUT2D eigenvalue weighted by Crippen LogP contribution is 2.23. The van der Waals surface area contributed by atoms with Crippen molar-refractivity contribution in [3.63, 3.8) is 0 Å². The molecule has 0 unspecified atom stereocenters. The van der Waals surface area contributed by atoms with E-state index in [1.807, 2.05) is 35.3 Å². The van der Waals surface area contributed by atoms with Gasteiger partial charge in [-0.25, -0.2) is 9.78 Å². The quantitative estimate of drug-likeness (QED) is 0.0171. The fourth-order valence-electron chi connectivity index (χ4n) is 2.19. The van der Waals surface area contributed by atoms with Gasteiger partial charge in [0.15, 0.2) is 0 Å². The molecule has 10 nitrogen and oxygen atoms in total. The van der Waals surface area contributed by atoms with E-state index >= 15 is 0 Å². The number of carbonyl (C=O) groups excluding carboxylic acids is 3. The molecule has 47 heavy (non-hydrogen) atoms. The minimum absolute atomic E-state index is 0.0273. The van der Waals surface area contributed by atoms with E-state index in [0.717, 1.165) is 51.5 Å². The Hall–Kier alpha value is 2.45. The zero-order valence-electron chi connectivity index (χ0n) is 26.1. The fraction of sp³-hybridized carbons (Fsp3) is 0.880. The molecular weight excluding hydrogens is 845 g/mol. The van der Waals surface area contributed by atoms with Crippen molar-refractivity contribution >= 4 is 159 Å². The topological polar surface area (TPSA) is 138 Å². The second-order valence-electron chi connectivity index (χ2n) is 7.93. The van der Waals surface area contributed by atoms with Crippen LogP contribution in [0.5, 0.6) is 0 Å². The summed E-state index contributed by atoms with van der Waals surface area (Å²) >= 11 is 20.5. The Morgan fingerprint density at radius 2 is 0.787 bits per heavy atom. The molecule has 0 aliphatic heterocycles. The minimum Gasteiger partial charge on any atom is -0.465 e. The number of ether oxygens (including phenoxy) is 3. The van der Waals surface area contributed by atoms with Gasteiger partial charge in [0.1, 0.15) is 11.9 Å². The van der Waals surface area contributed by atoms with Crippen LogP contribution in [-0.2, 0) is 38.4 Å². The summed E-state index contributed by atoms with van der Waals surface area (Å²) in [5.41, 5.74) is 0. The van der Waals surface area contributed by atoms with Crippen LogP contribution in [0.3, 0.4) is 0 Å². The highest BCUT2D eigenvalue weighted by Gasteiger charge is 2.05. The van der Waals surface area contributed by atoms with Gasteiger partial charge in [-0.2, -0.15) is 0 Å². The van der Waals surface area contributed by atoms with Crippen LogP contribution in [0.4, 0.5) is 0 Å². The maximum atomic E-state index is 11.8. The lowest BCUT2D eigenvalue weighted by Crippen LogP contribution is -2.09. The monoisotopic (exact) mass is 890 g/mol. The summed E-state index contributed by atoms with van der Waals surface area (Å²) < 4.78 is 15.2. The first-order valence-electron chi connectivity index (χ1n) is 14.0. The van der Waals surface area contributed by atoms with Gasteiger partial charge in [0.2, 0.25) is 0 Å². The van der Waals surface area contributed by atoms with Crippen molar-refractivity contribution in [2.24, 2.45) is 0 Å². The zero-order chi connectivity index (χ0) is 34.3. The summed E-state index contributed by atoms with van der Waals surface area (Å²) in [5, 5.41) is 25.4. The molecule has 0 aromatic carbocycles. The summed E-state index contributed by atoms with van der Waals surface area (Å²) in [6.45, 7) is 1.18. The summed E-state index contributed by atoms with van der Waals surface area (Å²) in [4.78, 5) is 45.1. The number of hydrogen-bond donors (Lipinski definition) is 2. The first-order chi connectivity index (χ1) is 23.1. The van der Waals surface area contributed by atoms with Crippen LogP contribution in [0, 0.1) is 0 Å². The standard InChI is InChI=1S/C25H46O10S12/c26-3-1-5-31-23(28)9-37-15-43-20-42-14-36-8-7-34-35-13-41-19-47-22-46-18-40-12-33-25(30)11-39-17-45-21-44-16-38-10-24(29)32-6-2-4-27/h26-27H,1-22H2. The molecule has 278 valence electrons. The SMILES string of the molecule is O=C(CSCSCSCSCCOOCSCSCSCSCOC(=O)CSCSCSCSCC(=O)OCCCO)OCCCO. The van der Waals surface area contributed by atoms with E-state index in [-0.39, 0.29) is 44.3 Å². The first-order valence-corrected chi connectivity index (χ1v) is 27.8. The van der Waals surface area contributed by atoms with E-state index in [1.165, 1.54) is 11.8 Å². The molecule has 0 aromatic rings. The van der Waals surface area contributed by atoms with E-state index in [1.54, 1.807) is 94.1 Å². The molecule has 0 aromatic heterocycles. The summed E-state index contributed by atoms with van der Waals surface area (Å²) in [6, 6.07) is 0. The van der Waals surface area contributed by atoms with Gasteiger partial charge in [-0.05, 0) is 0 Å². The van der Waals surface area contributed by atoms with Gasteiger partial charge in [0.05, 0.1) is 37.1 Å². The molecule has 2 N–H and O–H groups in total. The van der Waals surface area contributed by atoms with Gasteiger partial charge in [-0.3, -0.25) is 14.4 Å². The van der Waals surface area contributed by atoms with Crippen LogP contribution in [0.2, 0.25) is 0 Å². The highest BCUT2D eigenvalue weighted by atomic mass is 32.3. The minimum atomic E-state index is -0.244. The third-order valence-corrected chi connectivity index (χ3v) is 18.4. The molecule has 22 heteroatoms. The van der Waals surface area contributed by atoms with Crippen LogP contribution >= 0.6 is 141 Å². The first kappa shape index (κ1) is 49.5. The second kappa shape index (κ2) is 42.9. The zero-order valence-corrected chi connectivity index (χ0v) is 35.9. The lowest BCUT2D eigenvalue weighted by atomic mass is 10.5. The Morgan fingerprint density at radius 1 is 0.404 bits per heavy atom. The van der Waals surface area contributed by atoms with Gasteiger partial charge in [-0.1, -0.05) is 0 Å². The summed E-state index contributed by atoms with van der Waals surface area (Å²) in [6.07, 6.45) is 0.962. The molecule has 0 rings (SSSR count). The van der Waals surface area contributed by atoms with Crippen LogP contribution in [0.15, 0.2) is 0 Å². The number of thioether (sulfide) groups is 12. The fourth-order valence-corrected chi connectivity index (χ4v) is 15.0. The molecule has 0 bridgehead atoms. The van der Waals surface area contributed by atoms with E-state index in [9.17, 15) is 14.4 Å². The number of esters is 3. The van der Waals surface area contributed by atoms with E-state index in [4.69, 9.17) is 34.2 Å². The van der Waals surface area contributed by atoms with Crippen molar-refractivity contribution in [1.29, 1.82) is 0 Å². The molecule has 0 aliphatic rings. The largest absolute Gasteiger partial charge is 0.465 e. The van der Waals surface area contributed by atoms with Gasteiger partial charge in [-0.15, -0.1) is 141 Å². The van der Waals surface area contributed by atoms with Crippen molar-refractivity contribution in [3.05, 3.63) is 0 Å². The van der Waals surface area contributed by atoms with E-state index < -0.39 is 0 Å².